The topological polar surface area (TPSA) is 38.1 Å². The molecule has 0 saturated heterocycles. The number of aromatic nitrogens is 2. The summed E-state index contributed by atoms with van der Waals surface area (Å²) in [6.07, 6.45) is 0.983. The molecule has 2 aromatic rings. The highest BCUT2D eigenvalue weighted by molar-refractivity contribution is 5.86. The average Bonchev–Trinajstić information content (AvgIpc) is 2.45. The number of hydrogen-bond donors (Lipinski definition) is 1. The SMILES string of the molecule is CC(C)Cc1c2cccc(O)c2nn1C. The van der Waals surface area contributed by atoms with E-state index < -0.39 is 0 Å². The van der Waals surface area contributed by atoms with Gasteiger partial charge in [0.05, 0.1) is 0 Å². The van der Waals surface area contributed by atoms with E-state index in [0.717, 1.165) is 11.8 Å². The van der Waals surface area contributed by atoms with E-state index in [-0.39, 0.29) is 5.75 Å². The highest BCUT2D eigenvalue weighted by Crippen LogP contribution is 2.26. The summed E-state index contributed by atoms with van der Waals surface area (Å²) < 4.78 is 1.87. The molecule has 0 unspecified atom stereocenters. The van der Waals surface area contributed by atoms with E-state index in [0.29, 0.717) is 11.4 Å². The number of aromatic hydroxyl groups is 1. The van der Waals surface area contributed by atoms with Crippen molar-refractivity contribution in [1.29, 1.82) is 0 Å². The Kier molecular flexibility index (Phi) is 2.39. The molecule has 3 heteroatoms. The quantitative estimate of drug-likeness (QED) is 0.816. The summed E-state index contributed by atoms with van der Waals surface area (Å²) in [6.45, 7) is 4.36. The number of phenols is 1. The zero-order chi connectivity index (χ0) is 11.0. The summed E-state index contributed by atoms with van der Waals surface area (Å²) in [7, 11) is 1.93. The number of nitrogens with zero attached hydrogens (tertiary/aromatic N) is 2. The summed E-state index contributed by atoms with van der Waals surface area (Å²) in [5.74, 6) is 0.851. The third kappa shape index (κ3) is 1.69. The summed E-state index contributed by atoms with van der Waals surface area (Å²) in [6, 6.07) is 5.55. The number of rotatable bonds is 2. The fraction of sp³-hybridized carbons (Fsp3) is 0.417. The molecular weight excluding hydrogens is 188 g/mol. The highest BCUT2D eigenvalue weighted by atomic mass is 16.3. The Morgan fingerprint density at radius 2 is 2.13 bits per heavy atom. The fourth-order valence-electron chi connectivity index (χ4n) is 1.88. The molecular formula is C12H16N2O. The second-order valence-corrected chi connectivity index (χ2v) is 4.34. The van der Waals surface area contributed by atoms with Crippen molar-refractivity contribution in [1.82, 2.24) is 9.78 Å². The maximum Gasteiger partial charge on any atom is 0.143 e. The number of benzene rings is 1. The highest BCUT2D eigenvalue weighted by Gasteiger charge is 2.12. The van der Waals surface area contributed by atoms with Crippen LogP contribution >= 0.6 is 0 Å². The van der Waals surface area contributed by atoms with Crippen molar-refractivity contribution in [2.24, 2.45) is 13.0 Å². The van der Waals surface area contributed by atoms with Gasteiger partial charge in [-0.1, -0.05) is 26.0 Å². The lowest BCUT2D eigenvalue weighted by atomic mass is 10.0. The van der Waals surface area contributed by atoms with Gasteiger partial charge in [0, 0.05) is 18.1 Å². The van der Waals surface area contributed by atoms with Crippen molar-refractivity contribution in [2.45, 2.75) is 20.3 Å². The molecule has 0 aliphatic heterocycles. The van der Waals surface area contributed by atoms with Crippen LogP contribution < -0.4 is 0 Å². The predicted molar refractivity (Wildman–Crippen MR) is 60.9 cm³/mol. The zero-order valence-corrected chi connectivity index (χ0v) is 9.36. The number of aryl methyl sites for hydroxylation is 1. The van der Waals surface area contributed by atoms with Crippen LogP contribution in [-0.2, 0) is 13.5 Å². The van der Waals surface area contributed by atoms with Crippen LogP contribution in [0.1, 0.15) is 19.5 Å². The molecule has 0 amide bonds. The summed E-state index contributed by atoms with van der Waals surface area (Å²) in [5, 5.41) is 15.1. The molecule has 0 aliphatic carbocycles. The summed E-state index contributed by atoms with van der Waals surface area (Å²) in [4.78, 5) is 0. The third-order valence-corrected chi connectivity index (χ3v) is 2.57. The first kappa shape index (κ1) is 10.0. The van der Waals surface area contributed by atoms with Crippen LogP contribution in [0, 0.1) is 5.92 Å². The van der Waals surface area contributed by atoms with E-state index in [4.69, 9.17) is 0 Å². The molecule has 0 saturated carbocycles. The zero-order valence-electron chi connectivity index (χ0n) is 9.36. The van der Waals surface area contributed by atoms with Gasteiger partial charge in [0.25, 0.3) is 0 Å². The van der Waals surface area contributed by atoms with Gasteiger partial charge < -0.3 is 5.11 Å². The molecule has 15 heavy (non-hydrogen) atoms. The third-order valence-electron chi connectivity index (χ3n) is 2.57. The minimum absolute atomic E-state index is 0.262. The van der Waals surface area contributed by atoms with Gasteiger partial charge in [-0.3, -0.25) is 4.68 Å². The molecule has 0 spiro atoms. The molecule has 1 aromatic carbocycles. The number of phenolic OH excluding ortho intramolecular Hbond substituents is 1. The van der Waals surface area contributed by atoms with Crippen molar-refractivity contribution >= 4 is 10.9 Å². The van der Waals surface area contributed by atoms with Gasteiger partial charge >= 0.3 is 0 Å². The van der Waals surface area contributed by atoms with Gasteiger partial charge in [-0.2, -0.15) is 5.10 Å². The van der Waals surface area contributed by atoms with Gasteiger partial charge in [0.2, 0.25) is 0 Å². The van der Waals surface area contributed by atoms with Crippen LogP contribution in [0.15, 0.2) is 18.2 Å². The lowest BCUT2D eigenvalue weighted by molar-refractivity contribution is 0.479. The van der Waals surface area contributed by atoms with E-state index in [1.807, 2.05) is 23.9 Å². The van der Waals surface area contributed by atoms with E-state index in [2.05, 4.69) is 18.9 Å². The van der Waals surface area contributed by atoms with Gasteiger partial charge in [-0.15, -0.1) is 0 Å². The minimum atomic E-state index is 0.262. The predicted octanol–water partition coefficient (Wildman–Crippen LogP) is 2.48. The van der Waals surface area contributed by atoms with Gasteiger partial charge in [-0.25, -0.2) is 0 Å². The van der Waals surface area contributed by atoms with Crippen molar-refractivity contribution in [3.8, 4) is 5.75 Å². The monoisotopic (exact) mass is 204 g/mol. The first-order valence-electron chi connectivity index (χ1n) is 5.23. The molecule has 2 rings (SSSR count). The van der Waals surface area contributed by atoms with Crippen LogP contribution in [0.25, 0.3) is 10.9 Å². The Bertz CT molecular complexity index is 486. The molecule has 3 nitrogen and oxygen atoms in total. The second kappa shape index (κ2) is 3.57. The maximum atomic E-state index is 9.67. The lowest BCUT2D eigenvalue weighted by Gasteiger charge is -2.05. The van der Waals surface area contributed by atoms with E-state index in [1.165, 1.54) is 5.69 Å². The Labute approximate surface area is 89.3 Å². The van der Waals surface area contributed by atoms with Crippen LogP contribution in [0.5, 0.6) is 5.75 Å². The van der Waals surface area contributed by atoms with E-state index in [9.17, 15) is 5.11 Å². The Balaban J connectivity index is 2.63. The van der Waals surface area contributed by atoms with Gasteiger partial charge in [0.15, 0.2) is 0 Å². The average molecular weight is 204 g/mol. The minimum Gasteiger partial charge on any atom is -0.506 e. The van der Waals surface area contributed by atoms with Crippen LogP contribution in [0.3, 0.4) is 0 Å². The first-order chi connectivity index (χ1) is 7.09. The standard InChI is InChI=1S/C12H16N2O/c1-8(2)7-10-9-5-4-6-11(15)12(9)13-14(10)3/h4-6,8,15H,7H2,1-3H3. The molecule has 1 heterocycles. The van der Waals surface area contributed by atoms with Crippen LogP contribution in [-0.4, -0.2) is 14.9 Å². The normalized spacial score (nSPS) is 11.5. The molecule has 0 radical (unpaired) electrons. The van der Waals surface area contributed by atoms with Crippen molar-refractivity contribution < 1.29 is 5.11 Å². The van der Waals surface area contributed by atoms with Crippen LogP contribution in [0.4, 0.5) is 0 Å². The Morgan fingerprint density at radius 1 is 1.40 bits per heavy atom. The maximum absolute atomic E-state index is 9.67. The molecule has 0 aliphatic rings. The first-order valence-corrected chi connectivity index (χ1v) is 5.23. The number of hydrogen-bond acceptors (Lipinski definition) is 2. The smallest absolute Gasteiger partial charge is 0.143 e. The summed E-state index contributed by atoms with van der Waals surface area (Å²) in [5.41, 5.74) is 1.89. The van der Waals surface area contributed by atoms with Crippen molar-refractivity contribution in [3.05, 3.63) is 23.9 Å². The Hall–Kier alpha value is -1.51. The van der Waals surface area contributed by atoms with Crippen molar-refractivity contribution in [3.63, 3.8) is 0 Å². The number of fused-ring (bicyclic) bond motifs is 1. The fourth-order valence-corrected chi connectivity index (χ4v) is 1.88. The van der Waals surface area contributed by atoms with Crippen molar-refractivity contribution in [2.75, 3.05) is 0 Å². The van der Waals surface area contributed by atoms with Crippen LogP contribution in [0.2, 0.25) is 0 Å². The second-order valence-electron chi connectivity index (χ2n) is 4.34. The Morgan fingerprint density at radius 3 is 2.80 bits per heavy atom. The lowest BCUT2D eigenvalue weighted by Crippen LogP contribution is -2.02. The van der Waals surface area contributed by atoms with E-state index >= 15 is 0 Å². The summed E-state index contributed by atoms with van der Waals surface area (Å²) >= 11 is 0. The van der Waals surface area contributed by atoms with E-state index in [1.54, 1.807) is 6.07 Å². The molecule has 0 bridgehead atoms. The molecule has 1 aromatic heterocycles. The molecule has 0 fully saturated rings. The molecule has 0 atom stereocenters. The molecule has 1 N–H and O–H groups in total. The molecule has 80 valence electrons. The largest absolute Gasteiger partial charge is 0.506 e. The van der Waals surface area contributed by atoms with Gasteiger partial charge in [0.1, 0.15) is 11.3 Å². The van der Waals surface area contributed by atoms with Gasteiger partial charge in [-0.05, 0) is 18.4 Å².